The lowest BCUT2D eigenvalue weighted by molar-refractivity contribution is 0.00462. The molecule has 1 fully saturated rings. The SMILES string of the molecule is CC(C)N(C(=O)c1c([C@@H]2O[C@H](c3ccccc3)[C@H](C)N2C)cccc1P(c1ccccc1)c1ccccc1)C(C)C. The molecule has 5 rings (SSSR count). The molecule has 1 heterocycles. The maximum Gasteiger partial charge on any atom is 0.255 e. The van der Waals surface area contributed by atoms with Crippen LogP contribution in [0.2, 0.25) is 0 Å². The van der Waals surface area contributed by atoms with Crippen LogP contribution in [0.15, 0.2) is 109 Å². The average Bonchev–Trinajstić information content (AvgIpc) is 3.28. The third kappa shape index (κ3) is 5.88. The van der Waals surface area contributed by atoms with Crippen LogP contribution in [-0.4, -0.2) is 40.9 Å². The van der Waals surface area contributed by atoms with E-state index in [2.05, 4.69) is 150 Å². The van der Waals surface area contributed by atoms with Gasteiger partial charge in [-0.3, -0.25) is 9.69 Å². The van der Waals surface area contributed by atoms with Gasteiger partial charge in [0.15, 0.2) is 0 Å². The summed E-state index contributed by atoms with van der Waals surface area (Å²) < 4.78 is 6.86. The maximum atomic E-state index is 14.8. The molecule has 0 bridgehead atoms. The normalized spacial score (nSPS) is 19.3. The van der Waals surface area contributed by atoms with Crippen LogP contribution >= 0.6 is 7.92 Å². The quantitative estimate of drug-likeness (QED) is 0.221. The van der Waals surface area contributed by atoms with Gasteiger partial charge in [-0.15, -0.1) is 0 Å². The smallest absolute Gasteiger partial charge is 0.255 e. The monoisotopic (exact) mass is 564 g/mol. The Bertz CT molecular complexity index is 1400. The first kappa shape index (κ1) is 29.2. The second-order valence-corrected chi connectivity index (χ2v) is 13.6. The highest BCUT2D eigenvalue weighted by Crippen LogP contribution is 2.44. The zero-order chi connectivity index (χ0) is 29.1. The highest BCUT2D eigenvalue weighted by atomic mass is 31.1. The van der Waals surface area contributed by atoms with Crippen LogP contribution in [-0.2, 0) is 4.74 Å². The second kappa shape index (κ2) is 12.7. The summed E-state index contributed by atoms with van der Waals surface area (Å²) in [4.78, 5) is 19.1. The number of hydrogen-bond acceptors (Lipinski definition) is 3. The van der Waals surface area contributed by atoms with E-state index >= 15 is 0 Å². The average molecular weight is 565 g/mol. The molecule has 1 aliphatic rings. The van der Waals surface area contributed by atoms with Crippen LogP contribution in [0, 0.1) is 0 Å². The molecule has 4 aromatic rings. The molecule has 0 spiro atoms. The van der Waals surface area contributed by atoms with E-state index < -0.39 is 7.92 Å². The van der Waals surface area contributed by atoms with Crippen molar-refractivity contribution >= 4 is 29.7 Å². The number of hydrogen-bond donors (Lipinski definition) is 0. The van der Waals surface area contributed by atoms with E-state index in [0.29, 0.717) is 0 Å². The summed E-state index contributed by atoms with van der Waals surface area (Å²) in [6, 6.07) is 38.3. The number of benzene rings is 4. The van der Waals surface area contributed by atoms with Crippen LogP contribution in [0.5, 0.6) is 0 Å². The molecule has 41 heavy (non-hydrogen) atoms. The van der Waals surface area contributed by atoms with Crippen molar-refractivity contribution in [2.45, 2.75) is 65.1 Å². The van der Waals surface area contributed by atoms with Crippen molar-refractivity contribution in [3.63, 3.8) is 0 Å². The summed E-state index contributed by atoms with van der Waals surface area (Å²) in [6.07, 6.45) is -0.437. The molecule has 0 saturated carbocycles. The number of amides is 1. The molecule has 0 unspecified atom stereocenters. The van der Waals surface area contributed by atoms with Crippen molar-refractivity contribution in [3.8, 4) is 0 Å². The minimum atomic E-state index is -0.995. The second-order valence-electron chi connectivity index (χ2n) is 11.4. The van der Waals surface area contributed by atoms with Gasteiger partial charge in [-0.25, -0.2) is 0 Å². The van der Waals surface area contributed by atoms with E-state index in [1.165, 1.54) is 10.6 Å². The zero-order valence-corrected chi connectivity index (χ0v) is 25.8. The van der Waals surface area contributed by atoms with Gasteiger partial charge in [0.05, 0.1) is 5.56 Å². The highest BCUT2D eigenvalue weighted by molar-refractivity contribution is 7.80. The predicted molar refractivity (Wildman–Crippen MR) is 172 cm³/mol. The van der Waals surface area contributed by atoms with Crippen molar-refractivity contribution in [3.05, 3.63) is 126 Å². The minimum absolute atomic E-state index is 0.0568. The first-order valence-electron chi connectivity index (χ1n) is 14.6. The van der Waals surface area contributed by atoms with Crippen molar-refractivity contribution < 1.29 is 9.53 Å². The van der Waals surface area contributed by atoms with E-state index in [1.807, 2.05) is 11.0 Å². The molecule has 212 valence electrons. The minimum Gasteiger partial charge on any atom is -0.349 e. The summed E-state index contributed by atoms with van der Waals surface area (Å²) in [6.45, 7) is 10.6. The number of rotatable bonds is 8. The Hall–Kier alpha value is -3.30. The number of ether oxygens (including phenoxy) is 1. The van der Waals surface area contributed by atoms with Gasteiger partial charge in [0.2, 0.25) is 0 Å². The Kier molecular flexibility index (Phi) is 9.04. The van der Waals surface area contributed by atoms with Gasteiger partial charge in [0.25, 0.3) is 5.91 Å². The van der Waals surface area contributed by atoms with Crippen LogP contribution in [0.3, 0.4) is 0 Å². The summed E-state index contributed by atoms with van der Waals surface area (Å²) in [5.74, 6) is 0.0628. The molecule has 3 atom stereocenters. The number of nitrogens with zero attached hydrogens (tertiary/aromatic N) is 2. The summed E-state index contributed by atoms with van der Waals surface area (Å²) >= 11 is 0. The third-order valence-electron chi connectivity index (χ3n) is 8.03. The highest BCUT2D eigenvalue weighted by Gasteiger charge is 2.42. The molecular weight excluding hydrogens is 523 g/mol. The molecule has 1 aliphatic heterocycles. The Labute approximate surface area is 246 Å². The lowest BCUT2D eigenvalue weighted by atomic mass is 10.0. The van der Waals surface area contributed by atoms with Gasteiger partial charge in [-0.05, 0) is 71.1 Å². The fourth-order valence-corrected chi connectivity index (χ4v) is 8.51. The standard InChI is InChI=1S/C36H41N2O2P/c1-25(2)38(26(3)4)35(39)33-31(36-37(6)27(5)34(40-36)28-17-10-7-11-18-28)23-16-24-32(33)41(29-19-12-8-13-20-29)30-21-14-9-15-22-30/h7-27,34,36H,1-6H3/t27-,34-,36-/m0/s1. The van der Waals surface area contributed by atoms with Gasteiger partial charge in [0, 0.05) is 23.7 Å². The Morgan fingerprint density at radius 2 is 1.27 bits per heavy atom. The Morgan fingerprint density at radius 3 is 1.78 bits per heavy atom. The molecular formula is C36H41N2O2P. The number of carbonyl (C=O) groups is 1. The first-order chi connectivity index (χ1) is 19.8. The number of likely N-dealkylation sites (N-methyl/N-ethyl adjacent to an activating group) is 1. The van der Waals surface area contributed by atoms with Crippen molar-refractivity contribution in [2.24, 2.45) is 0 Å². The van der Waals surface area contributed by atoms with Crippen LogP contribution in [0.25, 0.3) is 0 Å². The van der Waals surface area contributed by atoms with E-state index in [9.17, 15) is 4.79 Å². The fourth-order valence-electron chi connectivity index (χ4n) is 6.03. The Balaban J connectivity index is 1.72. The fraction of sp³-hybridized carbons (Fsp3) is 0.306. The van der Waals surface area contributed by atoms with Crippen LogP contribution in [0.4, 0.5) is 0 Å². The topological polar surface area (TPSA) is 32.8 Å². The van der Waals surface area contributed by atoms with E-state index in [1.54, 1.807) is 0 Å². The van der Waals surface area contributed by atoms with Gasteiger partial charge in [-0.2, -0.15) is 0 Å². The van der Waals surface area contributed by atoms with Crippen LogP contribution < -0.4 is 15.9 Å². The lowest BCUT2D eigenvalue weighted by Crippen LogP contribution is -2.45. The van der Waals surface area contributed by atoms with Crippen molar-refractivity contribution in [1.82, 2.24) is 9.80 Å². The summed E-state index contributed by atoms with van der Waals surface area (Å²) in [5.41, 5.74) is 2.86. The molecule has 0 aliphatic carbocycles. The molecule has 5 heteroatoms. The number of carbonyl (C=O) groups excluding carboxylic acids is 1. The molecule has 4 nitrogen and oxygen atoms in total. The van der Waals surface area contributed by atoms with E-state index in [-0.39, 0.29) is 36.4 Å². The van der Waals surface area contributed by atoms with Gasteiger partial charge in [-0.1, -0.05) is 109 Å². The van der Waals surface area contributed by atoms with Gasteiger partial charge < -0.3 is 9.64 Å². The van der Waals surface area contributed by atoms with Crippen molar-refractivity contribution in [1.29, 1.82) is 0 Å². The zero-order valence-electron chi connectivity index (χ0n) is 24.9. The molecule has 1 amide bonds. The lowest BCUT2D eigenvalue weighted by Gasteiger charge is -2.34. The molecule has 0 N–H and O–H groups in total. The maximum absolute atomic E-state index is 14.8. The molecule has 0 aromatic heterocycles. The van der Waals surface area contributed by atoms with Gasteiger partial charge >= 0.3 is 0 Å². The summed E-state index contributed by atoms with van der Waals surface area (Å²) in [7, 11) is 1.12. The van der Waals surface area contributed by atoms with E-state index in [4.69, 9.17) is 4.74 Å². The third-order valence-corrected chi connectivity index (χ3v) is 10.5. The van der Waals surface area contributed by atoms with E-state index in [0.717, 1.165) is 22.0 Å². The Morgan fingerprint density at radius 1 is 0.756 bits per heavy atom. The predicted octanol–water partition coefficient (Wildman–Crippen LogP) is 6.79. The molecule has 4 aromatic carbocycles. The summed E-state index contributed by atoms with van der Waals surface area (Å²) in [5, 5.41) is 3.51. The first-order valence-corrected chi connectivity index (χ1v) is 15.9. The largest absolute Gasteiger partial charge is 0.349 e. The van der Waals surface area contributed by atoms with Crippen molar-refractivity contribution in [2.75, 3.05) is 7.05 Å². The van der Waals surface area contributed by atoms with Crippen LogP contribution in [0.1, 0.15) is 68.4 Å². The van der Waals surface area contributed by atoms with Gasteiger partial charge in [0.1, 0.15) is 12.3 Å². The molecule has 1 saturated heterocycles. The molecule has 0 radical (unpaired) electrons.